The molecule has 0 atom stereocenters. The Morgan fingerprint density at radius 3 is 2.86 bits per heavy atom. The van der Waals surface area contributed by atoms with Crippen LogP contribution in [0.1, 0.15) is 25.0 Å². The molecule has 1 aliphatic carbocycles. The molecule has 0 bridgehead atoms. The molecule has 0 N–H and O–H groups in total. The number of alkyl halides is 1. The average molecular weight is 256 g/mol. The lowest BCUT2D eigenvalue weighted by Gasteiger charge is -2.04. The van der Waals surface area contributed by atoms with Crippen molar-refractivity contribution in [1.29, 1.82) is 0 Å². The summed E-state index contributed by atoms with van der Waals surface area (Å²) in [5, 5.41) is 0.801. The number of ether oxygens (including phenoxy) is 1. The summed E-state index contributed by atoms with van der Waals surface area (Å²) in [7, 11) is 0. The summed E-state index contributed by atoms with van der Waals surface area (Å²) in [6, 6.07) is 3.97. The number of pyridine rings is 1. The van der Waals surface area contributed by atoms with E-state index in [4.69, 9.17) is 4.74 Å². The van der Waals surface area contributed by atoms with Crippen LogP contribution in [-0.4, -0.2) is 11.6 Å². The Labute approximate surface area is 92.8 Å². The van der Waals surface area contributed by atoms with E-state index in [2.05, 4.69) is 20.9 Å². The summed E-state index contributed by atoms with van der Waals surface area (Å²) in [6.45, 7) is 0.833. The molecule has 14 heavy (non-hydrogen) atoms. The number of aromatic nitrogens is 1. The summed E-state index contributed by atoms with van der Waals surface area (Å²) in [5.41, 5.74) is 1.04. The lowest BCUT2D eigenvalue weighted by atomic mass is 10.3. The molecule has 0 spiro atoms. The van der Waals surface area contributed by atoms with E-state index in [-0.39, 0.29) is 0 Å². The molecule has 1 aromatic heterocycles. The van der Waals surface area contributed by atoms with E-state index in [1.54, 1.807) is 6.20 Å². The predicted octanol–water partition coefficient (Wildman–Crippen LogP) is 3.16. The van der Waals surface area contributed by atoms with Crippen molar-refractivity contribution in [2.75, 3.05) is 6.61 Å². The van der Waals surface area contributed by atoms with Gasteiger partial charge in [-0.1, -0.05) is 28.8 Å². The van der Waals surface area contributed by atoms with Gasteiger partial charge in [0.05, 0.1) is 18.5 Å². The summed E-state index contributed by atoms with van der Waals surface area (Å²) in [4.78, 5) is 4.24. The molecule has 2 nitrogen and oxygen atoms in total. The molecule has 1 fully saturated rings. The highest BCUT2D eigenvalue weighted by Gasteiger charge is 2.20. The molecule has 0 aliphatic heterocycles. The molecule has 1 saturated carbocycles. The minimum absolute atomic E-state index is 0.801. The molecule has 0 radical (unpaired) electrons. The third-order valence-electron chi connectivity index (χ3n) is 2.43. The van der Waals surface area contributed by atoms with E-state index >= 15 is 0 Å². The average Bonchev–Trinajstić information content (AvgIpc) is 3.03. The van der Waals surface area contributed by atoms with E-state index < -0.39 is 0 Å². The van der Waals surface area contributed by atoms with Gasteiger partial charge in [-0.2, -0.15) is 0 Å². The largest absolute Gasteiger partial charge is 0.492 e. The van der Waals surface area contributed by atoms with E-state index in [0.29, 0.717) is 0 Å². The van der Waals surface area contributed by atoms with Crippen LogP contribution in [0.25, 0.3) is 0 Å². The van der Waals surface area contributed by atoms with Crippen molar-refractivity contribution >= 4 is 15.9 Å². The highest BCUT2D eigenvalue weighted by molar-refractivity contribution is 9.08. The first-order chi connectivity index (χ1) is 6.88. The Hall–Kier alpha value is -0.570. The fourth-order valence-corrected chi connectivity index (χ4v) is 1.66. The van der Waals surface area contributed by atoms with Crippen LogP contribution in [0.2, 0.25) is 0 Å². The SMILES string of the molecule is BrCc1ccc(OCCC2CC2)cn1. The number of hydrogen-bond acceptors (Lipinski definition) is 2. The van der Waals surface area contributed by atoms with Gasteiger partial charge in [0.15, 0.2) is 0 Å². The van der Waals surface area contributed by atoms with Crippen LogP contribution in [0.15, 0.2) is 18.3 Å². The Balaban J connectivity index is 1.77. The quantitative estimate of drug-likeness (QED) is 0.755. The third kappa shape index (κ3) is 2.98. The second-order valence-corrected chi connectivity index (χ2v) is 4.26. The number of halogens is 1. The van der Waals surface area contributed by atoms with E-state index in [1.807, 2.05) is 12.1 Å². The first kappa shape index (κ1) is 9.97. The molecule has 0 saturated heterocycles. The number of hydrogen-bond donors (Lipinski definition) is 0. The molecule has 0 unspecified atom stereocenters. The van der Waals surface area contributed by atoms with Crippen molar-refractivity contribution < 1.29 is 4.74 Å². The Morgan fingerprint density at radius 2 is 2.29 bits per heavy atom. The lowest BCUT2D eigenvalue weighted by molar-refractivity contribution is 0.301. The zero-order chi connectivity index (χ0) is 9.80. The first-order valence-corrected chi connectivity index (χ1v) is 6.14. The van der Waals surface area contributed by atoms with Gasteiger partial charge in [0.25, 0.3) is 0 Å². The molecule has 0 amide bonds. The summed E-state index contributed by atoms with van der Waals surface area (Å²) in [6.07, 6.45) is 5.78. The molecular weight excluding hydrogens is 242 g/mol. The third-order valence-corrected chi connectivity index (χ3v) is 3.00. The maximum Gasteiger partial charge on any atom is 0.137 e. The van der Waals surface area contributed by atoms with Crippen molar-refractivity contribution in [2.24, 2.45) is 5.92 Å². The lowest BCUT2D eigenvalue weighted by Crippen LogP contribution is -1.98. The number of rotatable bonds is 5. The molecule has 0 aromatic carbocycles. The summed E-state index contributed by atoms with van der Waals surface area (Å²) >= 11 is 3.36. The monoisotopic (exact) mass is 255 g/mol. The van der Waals surface area contributed by atoms with Crippen molar-refractivity contribution in [2.45, 2.75) is 24.6 Å². The van der Waals surface area contributed by atoms with Gasteiger partial charge >= 0.3 is 0 Å². The summed E-state index contributed by atoms with van der Waals surface area (Å²) < 4.78 is 5.58. The van der Waals surface area contributed by atoms with Gasteiger partial charge in [-0.05, 0) is 24.5 Å². The van der Waals surface area contributed by atoms with Gasteiger partial charge in [-0.15, -0.1) is 0 Å². The fraction of sp³-hybridized carbons (Fsp3) is 0.545. The summed E-state index contributed by atoms with van der Waals surface area (Å²) in [5.74, 6) is 1.82. The topological polar surface area (TPSA) is 22.1 Å². The smallest absolute Gasteiger partial charge is 0.137 e. The minimum atomic E-state index is 0.801. The highest BCUT2D eigenvalue weighted by atomic mass is 79.9. The Kier molecular flexibility index (Phi) is 3.40. The van der Waals surface area contributed by atoms with E-state index in [0.717, 1.165) is 29.3 Å². The zero-order valence-corrected chi connectivity index (χ0v) is 9.66. The molecule has 1 heterocycles. The van der Waals surface area contributed by atoms with Crippen LogP contribution in [-0.2, 0) is 5.33 Å². The number of nitrogens with zero attached hydrogens (tertiary/aromatic N) is 1. The van der Waals surface area contributed by atoms with Gasteiger partial charge in [0.1, 0.15) is 5.75 Å². The zero-order valence-electron chi connectivity index (χ0n) is 8.08. The van der Waals surface area contributed by atoms with Gasteiger partial charge in [-0.3, -0.25) is 4.98 Å². The van der Waals surface area contributed by atoms with Gasteiger partial charge in [0.2, 0.25) is 0 Å². The maximum absolute atomic E-state index is 5.58. The van der Waals surface area contributed by atoms with Crippen LogP contribution in [0, 0.1) is 5.92 Å². The fourth-order valence-electron chi connectivity index (χ4n) is 1.33. The molecule has 1 aromatic rings. The first-order valence-electron chi connectivity index (χ1n) is 5.02. The normalized spacial score (nSPS) is 15.5. The Morgan fingerprint density at radius 1 is 1.43 bits per heavy atom. The van der Waals surface area contributed by atoms with Crippen LogP contribution in [0.4, 0.5) is 0 Å². The van der Waals surface area contributed by atoms with Gasteiger partial charge in [-0.25, -0.2) is 0 Å². The van der Waals surface area contributed by atoms with Crippen LogP contribution in [0.5, 0.6) is 5.75 Å². The highest BCUT2D eigenvalue weighted by Crippen LogP contribution is 2.32. The van der Waals surface area contributed by atoms with Crippen LogP contribution in [0.3, 0.4) is 0 Å². The maximum atomic E-state index is 5.58. The van der Waals surface area contributed by atoms with E-state index in [1.165, 1.54) is 19.3 Å². The van der Waals surface area contributed by atoms with E-state index in [9.17, 15) is 0 Å². The molecule has 2 rings (SSSR count). The van der Waals surface area contributed by atoms with Gasteiger partial charge in [0, 0.05) is 5.33 Å². The molecule has 76 valence electrons. The predicted molar refractivity (Wildman–Crippen MR) is 59.7 cm³/mol. The molecule has 1 aliphatic rings. The minimum Gasteiger partial charge on any atom is -0.492 e. The van der Waals surface area contributed by atoms with Crippen LogP contribution >= 0.6 is 15.9 Å². The van der Waals surface area contributed by atoms with Crippen LogP contribution < -0.4 is 4.74 Å². The van der Waals surface area contributed by atoms with Crippen molar-refractivity contribution in [1.82, 2.24) is 4.98 Å². The standard InChI is InChI=1S/C11H14BrNO/c12-7-10-3-4-11(8-13-10)14-6-5-9-1-2-9/h3-4,8-9H,1-2,5-7H2. The van der Waals surface area contributed by atoms with Crippen molar-refractivity contribution in [3.05, 3.63) is 24.0 Å². The second kappa shape index (κ2) is 4.78. The van der Waals surface area contributed by atoms with Crippen molar-refractivity contribution in [3.63, 3.8) is 0 Å². The Bertz CT molecular complexity index is 282. The van der Waals surface area contributed by atoms with Gasteiger partial charge < -0.3 is 4.74 Å². The molecular formula is C11H14BrNO. The second-order valence-electron chi connectivity index (χ2n) is 3.70. The van der Waals surface area contributed by atoms with Crippen molar-refractivity contribution in [3.8, 4) is 5.75 Å². The molecule has 3 heteroatoms.